The highest BCUT2D eigenvalue weighted by atomic mass is 32.2. The molecule has 6 rings (SSSR count). The number of carbonyl (C=O) groups excluding carboxylic acids is 3. The molecule has 44 heavy (non-hydrogen) atoms. The number of amides is 2. The average molecular weight is 627 g/mol. The number of benzene rings is 3. The number of rotatable bonds is 10. The number of piperazine rings is 1. The van der Waals surface area contributed by atoms with Crippen molar-refractivity contribution in [1.29, 1.82) is 0 Å². The van der Waals surface area contributed by atoms with Crippen LogP contribution in [0.1, 0.15) is 36.4 Å². The maximum Gasteiger partial charge on any atom is 0.317 e. The predicted molar refractivity (Wildman–Crippen MR) is 178 cm³/mol. The molecule has 0 bridgehead atoms. The summed E-state index contributed by atoms with van der Waals surface area (Å²) in [6.07, 6.45) is 6.11. The van der Waals surface area contributed by atoms with Gasteiger partial charge in [-0.25, -0.2) is 4.79 Å². The smallest absolute Gasteiger partial charge is 0.317 e. The molecule has 2 aliphatic heterocycles. The van der Waals surface area contributed by atoms with Crippen LogP contribution >= 0.6 is 23.5 Å². The summed E-state index contributed by atoms with van der Waals surface area (Å²) in [5.74, 6) is 0.0520. The molecule has 1 atom stereocenters. The summed E-state index contributed by atoms with van der Waals surface area (Å²) in [6, 6.07) is 25.5. The number of Topliss-reactive ketones (excluding diaryl/α,β-unsaturated/α-hetero) is 2. The first-order chi connectivity index (χ1) is 21.5. The van der Waals surface area contributed by atoms with Crippen LogP contribution < -0.4 is 5.32 Å². The molecule has 1 aromatic heterocycles. The van der Waals surface area contributed by atoms with Gasteiger partial charge in [0.05, 0.1) is 13.1 Å². The van der Waals surface area contributed by atoms with Gasteiger partial charge in [0, 0.05) is 71.5 Å². The lowest BCUT2D eigenvalue weighted by Crippen LogP contribution is -2.53. The maximum atomic E-state index is 12.9. The number of para-hydroxylation sites is 1. The second kappa shape index (κ2) is 14.1. The van der Waals surface area contributed by atoms with E-state index < -0.39 is 0 Å². The van der Waals surface area contributed by atoms with Gasteiger partial charge < -0.3 is 14.8 Å². The number of carbonyl (C=O) groups is 3. The van der Waals surface area contributed by atoms with Crippen molar-refractivity contribution < 1.29 is 14.4 Å². The van der Waals surface area contributed by atoms with Gasteiger partial charge in [0.15, 0.2) is 11.6 Å². The highest BCUT2D eigenvalue weighted by Gasteiger charge is 2.31. The van der Waals surface area contributed by atoms with Crippen LogP contribution in [0.25, 0.3) is 10.9 Å². The SMILES string of the molecule is CSc1ccc2c(c1)C(N1CCN(C(=O)NCC(=O)CCCC(=O)Cn3ccc4ccccc43)CC1)Cc1ccccc1S2. The van der Waals surface area contributed by atoms with E-state index in [1.165, 1.54) is 25.8 Å². The van der Waals surface area contributed by atoms with Gasteiger partial charge in [-0.2, -0.15) is 0 Å². The van der Waals surface area contributed by atoms with Crippen molar-refractivity contribution in [2.75, 3.05) is 39.0 Å². The summed E-state index contributed by atoms with van der Waals surface area (Å²) in [5.41, 5.74) is 3.76. The molecule has 1 saturated heterocycles. The van der Waals surface area contributed by atoms with Crippen LogP contribution in [-0.4, -0.2) is 70.9 Å². The van der Waals surface area contributed by atoms with Crippen LogP contribution in [0.5, 0.6) is 0 Å². The van der Waals surface area contributed by atoms with E-state index in [1.807, 2.05) is 57.8 Å². The Balaban J connectivity index is 0.964. The van der Waals surface area contributed by atoms with Crippen LogP contribution in [0.4, 0.5) is 4.79 Å². The quantitative estimate of drug-likeness (QED) is 0.204. The Labute approximate surface area is 267 Å². The van der Waals surface area contributed by atoms with E-state index in [2.05, 4.69) is 58.9 Å². The Hall–Kier alpha value is -3.53. The maximum absolute atomic E-state index is 12.9. The summed E-state index contributed by atoms with van der Waals surface area (Å²) in [7, 11) is 0. The second-order valence-electron chi connectivity index (χ2n) is 11.4. The largest absolute Gasteiger partial charge is 0.340 e. The fourth-order valence-electron chi connectivity index (χ4n) is 6.18. The predicted octanol–water partition coefficient (Wildman–Crippen LogP) is 6.45. The van der Waals surface area contributed by atoms with Gasteiger partial charge in [0.1, 0.15) is 0 Å². The number of urea groups is 1. The fourth-order valence-corrected chi connectivity index (χ4v) is 7.75. The molecule has 228 valence electrons. The molecule has 4 aromatic rings. The van der Waals surface area contributed by atoms with Crippen LogP contribution in [-0.2, 0) is 22.6 Å². The van der Waals surface area contributed by atoms with E-state index in [0.29, 0.717) is 32.5 Å². The molecule has 0 spiro atoms. The van der Waals surface area contributed by atoms with Gasteiger partial charge in [0.25, 0.3) is 0 Å². The van der Waals surface area contributed by atoms with E-state index in [-0.39, 0.29) is 36.6 Å². The third-order valence-corrected chi connectivity index (χ3v) is 10.5. The monoisotopic (exact) mass is 626 g/mol. The summed E-state index contributed by atoms with van der Waals surface area (Å²) in [5, 5.41) is 3.93. The zero-order chi connectivity index (χ0) is 30.5. The number of thioether (sulfide) groups is 1. The van der Waals surface area contributed by atoms with Crippen molar-refractivity contribution in [1.82, 2.24) is 19.7 Å². The fraction of sp³-hybridized carbons (Fsp3) is 0.343. The molecule has 1 N–H and O–H groups in total. The molecule has 1 fully saturated rings. The van der Waals surface area contributed by atoms with Gasteiger partial charge in [-0.15, -0.1) is 11.8 Å². The molecule has 9 heteroatoms. The minimum absolute atomic E-state index is 0.00303. The Kier molecular flexibility index (Phi) is 9.74. The molecular weight excluding hydrogens is 589 g/mol. The minimum Gasteiger partial charge on any atom is -0.340 e. The van der Waals surface area contributed by atoms with Crippen molar-refractivity contribution in [2.24, 2.45) is 0 Å². The van der Waals surface area contributed by atoms with Gasteiger partial charge >= 0.3 is 6.03 Å². The zero-order valence-electron chi connectivity index (χ0n) is 25.0. The Morgan fingerprint density at radius 3 is 2.50 bits per heavy atom. The third kappa shape index (κ3) is 7.06. The van der Waals surface area contributed by atoms with Crippen LogP contribution in [0.15, 0.2) is 93.7 Å². The van der Waals surface area contributed by atoms with E-state index in [1.54, 1.807) is 11.8 Å². The number of fused-ring (bicyclic) bond motifs is 3. The summed E-state index contributed by atoms with van der Waals surface area (Å²) in [6.45, 7) is 3.09. The molecule has 0 saturated carbocycles. The first kappa shape index (κ1) is 30.5. The summed E-state index contributed by atoms with van der Waals surface area (Å²) in [4.78, 5) is 46.2. The summed E-state index contributed by atoms with van der Waals surface area (Å²) >= 11 is 3.62. The Morgan fingerprint density at radius 2 is 1.66 bits per heavy atom. The number of ketones is 2. The van der Waals surface area contributed by atoms with E-state index in [0.717, 1.165) is 30.4 Å². The van der Waals surface area contributed by atoms with E-state index in [9.17, 15) is 14.4 Å². The zero-order valence-corrected chi connectivity index (χ0v) is 26.7. The van der Waals surface area contributed by atoms with Crippen molar-refractivity contribution in [2.45, 2.75) is 53.0 Å². The van der Waals surface area contributed by atoms with Gasteiger partial charge in [-0.05, 0) is 72.0 Å². The average Bonchev–Trinajstić information content (AvgIpc) is 3.37. The lowest BCUT2D eigenvalue weighted by molar-refractivity contribution is -0.120. The van der Waals surface area contributed by atoms with E-state index >= 15 is 0 Å². The normalized spacial score (nSPS) is 16.7. The highest BCUT2D eigenvalue weighted by Crippen LogP contribution is 2.44. The highest BCUT2D eigenvalue weighted by molar-refractivity contribution is 7.99. The molecular formula is C35H38N4O3S2. The van der Waals surface area contributed by atoms with Gasteiger partial charge in [-0.3, -0.25) is 14.5 Å². The van der Waals surface area contributed by atoms with E-state index in [4.69, 9.17) is 0 Å². The summed E-state index contributed by atoms with van der Waals surface area (Å²) < 4.78 is 1.95. The van der Waals surface area contributed by atoms with Gasteiger partial charge in [-0.1, -0.05) is 48.2 Å². The van der Waals surface area contributed by atoms with Crippen LogP contribution in [0.3, 0.4) is 0 Å². The third-order valence-electron chi connectivity index (χ3n) is 8.60. The lowest BCUT2D eigenvalue weighted by atomic mass is 9.96. The molecule has 2 amide bonds. The number of aromatic nitrogens is 1. The van der Waals surface area contributed by atoms with Crippen molar-refractivity contribution in [3.05, 3.63) is 90.1 Å². The first-order valence-corrected chi connectivity index (χ1v) is 17.3. The lowest BCUT2D eigenvalue weighted by Gasteiger charge is -2.39. The Morgan fingerprint density at radius 1 is 0.886 bits per heavy atom. The molecule has 2 aliphatic rings. The number of nitrogens with one attached hydrogen (secondary N) is 1. The topological polar surface area (TPSA) is 74.7 Å². The molecule has 3 heterocycles. The van der Waals surface area contributed by atoms with Crippen molar-refractivity contribution in [3.8, 4) is 0 Å². The van der Waals surface area contributed by atoms with Crippen LogP contribution in [0.2, 0.25) is 0 Å². The first-order valence-electron chi connectivity index (χ1n) is 15.3. The standard InChI is InChI=1S/C35H38N4O3S2/c1-43-29-13-14-34-30(22-29)32(21-26-8-3-5-12-33(26)44-34)37-17-19-38(20-18-37)35(42)36-23-27(40)9-6-10-28(41)24-39-16-15-25-7-2-4-11-31(25)39/h2-5,7-8,11-16,22,32H,6,9-10,17-21,23-24H2,1H3,(H,36,42). The Bertz CT molecular complexity index is 1660. The molecule has 0 radical (unpaired) electrons. The van der Waals surface area contributed by atoms with Crippen molar-refractivity contribution in [3.63, 3.8) is 0 Å². The molecule has 1 unspecified atom stereocenters. The van der Waals surface area contributed by atoms with Crippen LogP contribution in [0, 0.1) is 0 Å². The molecule has 3 aromatic carbocycles. The molecule has 0 aliphatic carbocycles. The number of hydrogen-bond donors (Lipinski definition) is 1. The number of hydrogen-bond acceptors (Lipinski definition) is 6. The molecule has 7 nitrogen and oxygen atoms in total. The van der Waals surface area contributed by atoms with Crippen molar-refractivity contribution >= 4 is 52.0 Å². The second-order valence-corrected chi connectivity index (χ2v) is 13.4. The van der Waals surface area contributed by atoms with Gasteiger partial charge in [0.2, 0.25) is 0 Å². The minimum atomic E-state index is -0.194. The number of nitrogens with zero attached hydrogens (tertiary/aromatic N) is 3.